The summed E-state index contributed by atoms with van der Waals surface area (Å²) < 4.78 is 0. The molecule has 1 atom stereocenters. The van der Waals surface area contributed by atoms with E-state index in [1.54, 1.807) is 0 Å². The topological polar surface area (TPSA) is 32.3 Å². The molecular formula is C14H21NO. The molecule has 1 fully saturated rings. The third-order valence-electron chi connectivity index (χ3n) is 3.46. The molecule has 1 heterocycles. The number of benzene rings is 1. The van der Waals surface area contributed by atoms with Crippen molar-refractivity contribution in [3.8, 4) is 5.75 Å². The minimum Gasteiger partial charge on any atom is -0.507 e. The molecule has 0 aromatic heterocycles. The lowest BCUT2D eigenvalue weighted by Crippen LogP contribution is -2.28. The Kier molecular flexibility index (Phi) is 3.49. The molecule has 1 unspecified atom stereocenters. The molecule has 1 aliphatic rings. The van der Waals surface area contributed by atoms with E-state index in [1.807, 2.05) is 6.07 Å². The first kappa shape index (κ1) is 11.5. The number of hydrogen-bond donors (Lipinski definition) is 2. The zero-order chi connectivity index (χ0) is 11.5. The highest BCUT2D eigenvalue weighted by atomic mass is 16.3. The van der Waals surface area contributed by atoms with E-state index in [0.717, 1.165) is 24.2 Å². The summed E-state index contributed by atoms with van der Waals surface area (Å²) in [5.41, 5.74) is 2.20. The van der Waals surface area contributed by atoms with Crippen LogP contribution in [0.3, 0.4) is 0 Å². The van der Waals surface area contributed by atoms with Gasteiger partial charge in [-0.25, -0.2) is 0 Å². The highest BCUT2D eigenvalue weighted by molar-refractivity contribution is 5.44. The number of aromatic hydroxyl groups is 1. The number of hydrogen-bond acceptors (Lipinski definition) is 2. The van der Waals surface area contributed by atoms with Gasteiger partial charge in [0.25, 0.3) is 0 Å². The van der Waals surface area contributed by atoms with E-state index >= 15 is 0 Å². The molecule has 0 spiro atoms. The maximum atomic E-state index is 10.3. The van der Waals surface area contributed by atoms with Gasteiger partial charge in [-0.2, -0.15) is 0 Å². The Bertz CT molecular complexity index is 354. The fraction of sp³-hybridized carbons (Fsp3) is 0.571. The molecule has 88 valence electrons. The Morgan fingerprint density at radius 2 is 2.19 bits per heavy atom. The molecule has 0 radical (unpaired) electrons. The van der Waals surface area contributed by atoms with Crippen LogP contribution in [-0.2, 0) is 0 Å². The maximum Gasteiger partial charge on any atom is 0.122 e. The van der Waals surface area contributed by atoms with Gasteiger partial charge in [0, 0.05) is 12.5 Å². The van der Waals surface area contributed by atoms with Gasteiger partial charge in [0.05, 0.1) is 0 Å². The van der Waals surface area contributed by atoms with Crippen LogP contribution in [0.15, 0.2) is 18.2 Å². The van der Waals surface area contributed by atoms with Crippen molar-refractivity contribution in [1.82, 2.24) is 5.32 Å². The number of phenols is 1. The van der Waals surface area contributed by atoms with Crippen LogP contribution in [-0.4, -0.2) is 18.2 Å². The third kappa shape index (κ3) is 2.22. The molecule has 0 aliphatic carbocycles. The van der Waals surface area contributed by atoms with Crippen LogP contribution < -0.4 is 5.32 Å². The second-order valence-electron chi connectivity index (χ2n) is 4.98. The molecule has 0 bridgehead atoms. The number of para-hydroxylation sites is 1. The summed E-state index contributed by atoms with van der Waals surface area (Å²) in [6.07, 6.45) is 2.39. The van der Waals surface area contributed by atoms with Crippen molar-refractivity contribution in [2.24, 2.45) is 0 Å². The van der Waals surface area contributed by atoms with Crippen LogP contribution in [0.5, 0.6) is 5.75 Å². The largest absolute Gasteiger partial charge is 0.507 e. The van der Waals surface area contributed by atoms with E-state index in [2.05, 4.69) is 31.3 Å². The standard InChI is InChI=1S/C14H21NO/c1-10(2)12-6-3-7-13(14(12)16)11-5-4-8-15-9-11/h3,6-7,10-11,15-16H,4-5,8-9H2,1-2H3. The SMILES string of the molecule is CC(C)c1cccc(C2CCCNC2)c1O. The molecule has 0 amide bonds. The van der Waals surface area contributed by atoms with Crippen molar-refractivity contribution in [3.05, 3.63) is 29.3 Å². The van der Waals surface area contributed by atoms with Crippen molar-refractivity contribution >= 4 is 0 Å². The van der Waals surface area contributed by atoms with E-state index in [9.17, 15) is 5.11 Å². The highest BCUT2D eigenvalue weighted by Crippen LogP contribution is 2.35. The minimum absolute atomic E-state index is 0.386. The van der Waals surface area contributed by atoms with Crippen LogP contribution >= 0.6 is 0 Å². The quantitative estimate of drug-likeness (QED) is 0.801. The molecular weight excluding hydrogens is 198 g/mol. The molecule has 1 saturated heterocycles. The molecule has 16 heavy (non-hydrogen) atoms. The third-order valence-corrected chi connectivity index (χ3v) is 3.46. The summed E-state index contributed by atoms with van der Waals surface area (Å²) in [6, 6.07) is 6.16. The van der Waals surface area contributed by atoms with Crippen molar-refractivity contribution in [2.75, 3.05) is 13.1 Å². The summed E-state index contributed by atoms with van der Waals surface area (Å²) in [5.74, 6) is 1.38. The van der Waals surface area contributed by atoms with Gasteiger partial charge in [0.2, 0.25) is 0 Å². The minimum atomic E-state index is 0.386. The van der Waals surface area contributed by atoms with E-state index in [1.165, 1.54) is 12.8 Å². The predicted molar refractivity (Wildman–Crippen MR) is 67.0 cm³/mol. The van der Waals surface area contributed by atoms with Gasteiger partial charge in [-0.1, -0.05) is 32.0 Å². The second-order valence-corrected chi connectivity index (χ2v) is 4.98. The van der Waals surface area contributed by atoms with Crippen LogP contribution in [0.25, 0.3) is 0 Å². The zero-order valence-electron chi connectivity index (χ0n) is 10.2. The Labute approximate surface area is 97.7 Å². The van der Waals surface area contributed by atoms with Crippen LogP contribution in [0.2, 0.25) is 0 Å². The van der Waals surface area contributed by atoms with Gasteiger partial charge in [0.1, 0.15) is 5.75 Å². The van der Waals surface area contributed by atoms with Gasteiger partial charge >= 0.3 is 0 Å². The first-order valence-electron chi connectivity index (χ1n) is 6.22. The summed E-state index contributed by atoms with van der Waals surface area (Å²) >= 11 is 0. The fourth-order valence-electron chi connectivity index (χ4n) is 2.49. The number of rotatable bonds is 2. The summed E-state index contributed by atoms with van der Waals surface area (Å²) in [5, 5.41) is 13.7. The van der Waals surface area contributed by atoms with Gasteiger partial charge in [-0.3, -0.25) is 0 Å². The van der Waals surface area contributed by atoms with Crippen LogP contribution in [0, 0.1) is 0 Å². The normalized spacial score (nSPS) is 21.3. The van der Waals surface area contributed by atoms with Gasteiger partial charge in [-0.15, -0.1) is 0 Å². The number of nitrogens with one attached hydrogen (secondary N) is 1. The second kappa shape index (κ2) is 4.88. The molecule has 1 aromatic carbocycles. The van der Waals surface area contributed by atoms with E-state index in [4.69, 9.17) is 0 Å². The van der Waals surface area contributed by atoms with E-state index < -0.39 is 0 Å². The monoisotopic (exact) mass is 219 g/mol. The van der Waals surface area contributed by atoms with E-state index in [0.29, 0.717) is 17.6 Å². The lowest BCUT2D eigenvalue weighted by molar-refractivity contribution is 0.420. The van der Waals surface area contributed by atoms with Crippen molar-refractivity contribution in [1.29, 1.82) is 0 Å². The number of phenolic OH excluding ortho intramolecular Hbond substituents is 1. The Morgan fingerprint density at radius 1 is 1.38 bits per heavy atom. The first-order chi connectivity index (χ1) is 7.70. The average Bonchev–Trinajstić information content (AvgIpc) is 2.30. The van der Waals surface area contributed by atoms with Crippen molar-refractivity contribution in [2.45, 2.75) is 38.5 Å². The van der Waals surface area contributed by atoms with Crippen molar-refractivity contribution in [3.63, 3.8) is 0 Å². The average molecular weight is 219 g/mol. The molecule has 2 nitrogen and oxygen atoms in total. The maximum absolute atomic E-state index is 10.3. The van der Waals surface area contributed by atoms with Gasteiger partial charge in [0.15, 0.2) is 0 Å². The summed E-state index contributed by atoms with van der Waals surface area (Å²) in [4.78, 5) is 0. The van der Waals surface area contributed by atoms with E-state index in [-0.39, 0.29) is 0 Å². The van der Waals surface area contributed by atoms with Crippen molar-refractivity contribution < 1.29 is 5.11 Å². The molecule has 2 N–H and O–H groups in total. The first-order valence-corrected chi connectivity index (χ1v) is 6.22. The summed E-state index contributed by atoms with van der Waals surface area (Å²) in [7, 11) is 0. The van der Waals surface area contributed by atoms with Gasteiger partial charge in [-0.05, 0) is 36.4 Å². The Hall–Kier alpha value is -1.02. The smallest absolute Gasteiger partial charge is 0.122 e. The van der Waals surface area contributed by atoms with Crippen LogP contribution in [0.4, 0.5) is 0 Å². The lowest BCUT2D eigenvalue weighted by atomic mass is 9.88. The predicted octanol–water partition coefficient (Wildman–Crippen LogP) is 2.98. The van der Waals surface area contributed by atoms with Crippen LogP contribution in [0.1, 0.15) is 49.7 Å². The summed E-state index contributed by atoms with van der Waals surface area (Å²) in [6.45, 7) is 6.35. The molecule has 1 aromatic rings. The Balaban J connectivity index is 2.29. The highest BCUT2D eigenvalue weighted by Gasteiger charge is 2.20. The zero-order valence-corrected chi connectivity index (χ0v) is 10.2. The molecule has 2 heteroatoms. The molecule has 0 saturated carbocycles. The molecule has 2 rings (SSSR count). The number of piperidine rings is 1. The Morgan fingerprint density at radius 3 is 2.81 bits per heavy atom. The van der Waals surface area contributed by atoms with Gasteiger partial charge < -0.3 is 10.4 Å². The fourth-order valence-corrected chi connectivity index (χ4v) is 2.49. The lowest BCUT2D eigenvalue weighted by Gasteiger charge is -2.25. The molecule has 1 aliphatic heterocycles.